The van der Waals surface area contributed by atoms with Crippen LogP contribution in [0, 0.1) is 0 Å². The van der Waals surface area contributed by atoms with Gasteiger partial charge in [-0.2, -0.15) is 11.3 Å². The van der Waals surface area contributed by atoms with Crippen LogP contribution in [0.15, 0.2) is 16.8 Å². The normalized spacial score (nSPS) is 24.3. The maximum Gasteiger partial charge on any atom is 0.234 e. The number of nitrogens with zero attached hydrogens (tertiary/aromatic N) is 1. The molecule has 0 radical (unpaired) electrons. The number of hydrogen-bond donors (Lipinski definition) is 1. The summed E-state index contributed by atoms with van der Waals surface area (Å²) in [4.78, 5) is 14.0. The van der Waals surface area contributed by atoms with Crippen molar-refractivity contribution in [3.63, 3.8) is 0 Å². The third kappa shape index (κ3) is 3.33. The Morgan fingerprint density at radius 1 is 1.61 bits per heavy atom. The first-order valence-electron chi connectivity index (χ1n) is 6.73. The van der Waals surface area contributed by atoms with E-state index in [0.717, 1.165) is 25.9 Å². The van der Waals surface area contributed by atoms with Gasteiger partial charge in [0.1, 0.15) is 0 Å². The number of amides is 1. The quantitative estimate of drug-likeness (QED) is 0.888. The van der Waals surface area contributed by atoms with Crippen LogP contribution >= 0.6 is 11.3 Å². The Kier molecular flexibility index (Phi) is 4.78. The molecular formula is C14H22N2OS. The molecule has 0 bridgehead atoms. The summed E-state index contributed by atoms with van der Waals surface area (Å²) in [6, 6.07) is 2.71. The Morgan fingerprint density at radius 2 is 2.44 bits per heavy atom. The Labute approximate surface area is 113 Å². The van der Waals surface area contributed by atoms with Gasteiger partial charge in [0.25, 0.3) is 0 Å². The molecular weight excluding hydrogens is 244 g/mol. The van der Waals surface area contributed by atoms with E-state index in [2.05, 4.69) is 40.9 Å². The number of likely N-dealkylation sites (tertiary alicyclic amines) is 1. The van der Waals surface area contributed by atoms with Gasteiger partial charge in [-0.15, -0.1) is 0 Å². The van der Waals surface area contributed by atoms with Crippen molar-refractivity contribution in [3.05, 3.63) is 22.4 Å². The van der Waals surface area contributed by atoms with Crippen LogP contribution in [0.4, 0.5) is 0 Å². The second-order valence-electron chi connectivity index (χ2n) is 5.12. The zero-order chi connectivity index (χ0) is 13.0. The monoisotopic (exact) mass is 266 g/mol. The first-order chi connectivity index (χ1) is 8.70. The lowest BCUT2D eigenvalue weighted by Gasteiger charge is -2.20. The number of carbonyl (C=O) groups excluding carboxylic acids is 1. The molecule has 2 rings (SSSR count). The molecule has 1 aliphatic heterocycles. The highest BCUT2D eigenvalue weighted by Crippen LogP contribution is 2.32. The molecule has 1 aliphatic rings. The fourth-order valence-electron chi connectivity index (χ4n) is 2.57. The summed E-state index contributed by atoms with van der Waals surface area (Å²) < 4.78 is 0. The van der Waals surface area contributed by atoms with Gasteiger partial charge in [0.05, 0.1) is 6.54 Å². The Bertz CT molecular complexity index is 377. The molecule has 0 aliphatic carbocycles. The van der Waals surface area contributed by atoms with Crippen molar-refractivity contribution in [1.29, 1.82) is 0 Å². The van der Waals surface area contributed by atoms with Gasteiger partial charge in [0, 0.05) is 19.1 Å². The highest BCUT2D eigenvalue weighted by Gasteiger charge is 2.31. The lowest BCUT2D eigenvalue weighted by molar-refractivity contribution is -0.122. The molecule has 1 aromatic heterocycles. The van der Waals surface area contributed by atoms with Crippen LogP contribution in [-0.4, -0.2) is 36.5 Å². The third-order valence-corrected chi connectivity index (χ3v) is 4.34. The fraction of sp³-hybridized carbons (Fsp3) is 0.643. The van der Waals surface area contributed by atoms with E-state index in [4.69, 9.17) is 0 Å². The smallest absolute Gasteiger partial charge is 0.234 e. The average Bonchev–Trinajstić information content (AvgIpc) is 2.97. The van der Waals surface area contributed by atoms with Crippen molar-refractivity contribution in [2.75, 3.05) is 19.6 Å². The molecule has 1 saturated heterocycles. The Balaban J connectivity index is 1.85. The minimum absolute atomic E-state index is 0.162. The van der Waals surface area contributed by atoms with Crippen molar-refractivity contribution in [2.24, 2.45) is 0 Å². The Morgan fingerprint density at radius 3 is 3.11 bits per heavy atom. The van der Waals surface area contributed by atoms with Gasteiger partial charge in [0.2, 0.25) is 5.91 Å². The number of carbonyl (C=O) groups is 1. The van der Waals surface area contributed by atoms with Gasteiger partial charge >= 0.3 is 0 Å². The van der Waals surface area contributed by atoms with E-state index >= 15 is 0 Å². The topological polar surface area (TPSA) is 32.3 Å². The first kappa shape index (κ1) is 13.6. The SMILES string of the molecule is CCCNC(=O)CN1C[C@H](c2ccsc2)C[C@H]1C. The van der Waals surface area contributed by atoms with Gasteiger partial charge in [-0.3, -0.25) is 9.69 Å². The van der Waals surface area contributed by atoms with Crippen molar-refractivity contribution in [1.82, 2.24) is 10.2 Å². The predicted octanol–water partition coefficient (Wildman–Crippen LogP) is 2.45. The van der Waals surface area contributed by atoms with Crippen molar-refractivity contribution in [2.45, 2.75) is 38.6 Å². The third-order valence-electron chi connectivity index (χ3n) is 3.64. The van der Waals surface area contributed by atoms with E-state index in [1.54, 1.807) is 11.3 Å². The van der Waals surface area contributed by atoms with E-state index < -0.39 is 0 Å². The van der Waals surface area contributed by atoms with E-state index in [1.165, 1.54) is 5.56 Å². The molecule has 18 heavy (non-hydrogen) atoms. The van der Waals surface area contributed by atoms with Gasteiger partial charge in [-0.25, -0.2) is 0 Å². The largest absolute Gasteiger partial charge is 0.355 e. The first-order valence-corrected chi connectivity index (χ1v) is 7.67. The molecule has 100 valence electrons. The maximum atomic E-state index is 11.7. The molecule has 2 heterocycles. The lowest BCUT2D eigenvalue weighted by Crippen LogP contribution is -2.39. The van der Waals surface area contributed by atoms with Crippen LogP contribution in [0.1, 0.15) is 38.2 Å². The molecule has 4 heteroatoms. The molecule has 0 aromatic carbocycles. The molecule has 0 saturated carbocycles. The van der Waals surface area contributed by atoms with Crippen molar-refractivity contribution >= 4 is 17.2 Å². The fourth-order valence-corrected chi connectivity index (χ4v) is 3.31. The number of hydrogen-bond acceptors (Lipinski definition) is 3. The van der Waals surface area contributed by atoms with Crippen LogP contribution < -0.4 is 5.32 Å². The average molecular weight is 266 g/mol. The summed E-state index contributed by atoms with van der Waals surface area (Å²) in [7, 11) is 0. The van der Waals surface area contributed by atoms with E-state index in [-0.39, 0.29) is 5.91 Å². The second kappa shape index (κ2) is 6.34. The summed E-state index contributed by atoms with van der Waals surface area (Å²) >= 11 is 1.76. The summed E-state index contributed by atoms with van der Waals surface area (Å²) in [5.41, 5.74) is 1.43. The Hall–Kier alpha value is -0.870. The summed E-state index contributed by atoms with van der Waals surface area (Å²) in [6.07, 6.45) is 2.16. The number of thiophene rings is 1. The standard InChI is InChI=1S/C14H22N2OS/c1-3-5-15-14(17)9-16-8-13(7-11(16)2)12-4-6-18-10-12/h4,6,10-11,13H,3,5,7-9H2,1-2H3,(H,15,17)/t11-,13-/m1/s1. The van der Waals surface area contributed by atoms with E-state index in [9.17, 15) is 4.79 Å². The molecule has 1 fully saturated rings. The molecule has 0 spiro atoms. The zero-order valence-electron chi connectivity index (χ0n) is 11.2. The highest BCUT2D eigenvalue weighted by atomic mass is 32.1. The van der Waals surface area contributed by atoms with Crippen LogP contribution in [0.5, 0.6) is 0 Å². The van der Waals surface area contributed by atoms with Crippen LogP contribution in [0.25, 0.3) is 0 Å². The minimum Gasteiger partial charge on any atom is -0.355 e. The van der Waals surface area contributed by atoms with Gasteiger partial charge in [-0.05, 0) is 48.1 Å². The number of rotatable bonds is 5. The molecule has 3 nitrogen and oxygen atoms in total. The number of nitrogens with one attached hydrogen (secondary N) is 1. The molecule has 2 atom stereocenters. The van der Waals surface area contributed by atoms with Crippen LogP contribution in [-0.2, 0) is 4.79 Å². The van der Waals surface area contributed by atoms with E-state index in [1.807, 2.05) is 0 Å². The lowest BCUT2D eigenvalue weighted by atomic mass is 10.00. The van der Waals surface area contributed by atoms with Gasteiger partial charge in [-0.1, -0.05) is 6.92 Å². The molecule has 1 aromatic rings. The van der Waals surface area contributed by atoms with Gasteiger partial charge in [0.15, 0.2) is 0 Å². The summed E-state index contributed by atoms with van der Waals surface area (Å²) in [5, 5.41) is 7.32. The molecule has 1 amide bonds. The summed E-state index contributed by atoms with van der Waals surface area (Å²) in [5.74, 6) is 0.764. The van der Waals surface area contributed by atoms with Crippen LogP contribution in [0.2, 0.25) is 0 Å². The van der Waals surface area contributed by atoms with Gasteiger partial charge < -0.3 is 5.32 Å². The minimum atomic E-state index is 0.162. The highest BCUT2D eigenvalue weighted by molar-refractivity contribution is 7.07. The van der Waals surface area contributed by atoms with Crippen molar-refractivity contribution < 1.29 is 4.79 Å². The second-order valence-corrected chi connectivity index (χ2v) is 5.90. The summed E-state index contributed by atoms with van der Waals surface area (Å²) in [6.45, 7) is 6.64. The maximum absolute atomic E-state index is 11.7. The van der Waals surface area contributed by atoms with Crippen LogP contribution in [0.3, 0.4) is 0 Å². The molecule has 1 N–H and O–H groups in total. The zero-order valence-corrected chi connectivity index (χ0v) is 12.0. The van der Waals surface area contributed by atoms with Crippen molar-refractivity contribution in [3.8, 4) is 0 Å². The van der Waals surface area contributed by atoms with E-state index in [0.29, 0.717) is 18.5 Å². The molecule has 0 unspecified atom stereocenters. The predicted molar refractivity (Wildman–Crippen MR) is 76.0 cm³/mol.